The molecule has 0 N–H and O–H groups in total. The van der Waals surface area contributed by atoms with Gasteiger partial charge in [-0.2, -0.15) is 0 Å². The lowest BCUT2D eigenvalue weighted by Gasteiger charge is -2.18. The number of hydrogen-bond donors (Lipinski definition) is 0. The summed E-state index contributed by atoms with van der Waals surface area (Å²) < 4.78 is 16.0. The van der Waals surface area contributed by atoms with E-state index >= 15 is 0 Å². The van der Waals surface area contributed by atoms with Gasteiger partial charge in [-0.1, -0.05) is 6.58 Å². The molecule has 2 aliphatic heterocycles. The fraction of sp³-hybridized carbons (Fsp3) is 0.400. The summed E-state index contributed by atoms with van der Waals surface area (Å²) in [4.78, 5) is 14.2. The summed E-state index contributed by atoms with van der Waals surface area (Å²) in [6, 6.07) is 3.50. The molecule has 20 heavy (non-hydrogen) atoms. The highest BCUT2D eigenvalue weighted by atomic mass is 16.7. The minimum atomic E-state index is -0.0420. The van der Waals surface area contributed by atoms with Crippen molar-refractivity contribution in [3.05, 3.63) is 24.3 Å². The lowest BCUT2D eigenvalue weighted by molar-refractivity contribution is -0.123. The molecule has 1 saturated heterocycles. The summed E-state index contributed by atoms with van der Waals surface area (Å²) in [5.41, 5.74) is 1.09. The number of hydrogen-bond acceptors (Lipinski definition) is 4. The van der Waals surface area contributed by atoms with Crippen molar-refractivity contribution in [2.75, 3.05) is 27.0 Å². The first-order chi connectivity index (χ1) is 9.70. The van der Waals surface area contributed by atoms with Gasteiger partial charge in [0.1, 0.15) is 5.75 Å². The maximum Gasteiger partial charge on any atom is 0.253 e. The Balaban J connectivity index is 1.92. The predicted octanol–water partition coefficient (Wildman–Crippen LogP) is 2.06. The first-order valence-corrected chi connectivity index (χ1v) is 6.67. The molecule has 0 aliphatic carbocycles. The Hall–Kier alpha value is -2.17. The summed E-state index contributed by atoms with van der Waals surface area (Å²) in [6.07, 6.45) is 2.11. The van der Waals surface area contributed by atoms with Gasteiger partial charge in [0.25, 0.3) is 5.91 Å². The first-order valence-electron chi connectivity index (χ1n) is 6.67. The van der Waals surface area contributed by atoms with Crippen LogP contribution in [0.1, 0.15) is 18.4 Å². The number of fused-ring (bicyclic) bond motifs is 1. The number of benzene rings is 1. The van der Waals surface area contributed by atoms with Crippen LogP contribution < -0.4 is 14.2 Å². The predicted molar refractivity (Wildman–Crippen MR) is 74.0 cm³/mol. The molecule has 0 saturated carbocycles. The van der Waals surface area contributed by atoms with Crippen molar-refractivity contribution in [2.24, 2.45) is 0 Å². The molecule has 1 fully saturated rings. The smallest absolute Gasteiger partial charge is 0.253 e. The number of nitrogens with zero attached hydrogens (tertiary/aromatic N) is 1. The Kier molecular flexibility index (Phi) is 3.26. The van der Waals surface area contributed by atoms with Crippen LogP contribution in [0.3, 0.4) is 0 Å². The molecule has 5 nitrogen and oxygen atoms in total. The molecule has 1 amide bonds. The van der Waals surface area contributed by atoms with Crippen molar-refractivity contribution >= 4 is 11.5 Å². The molecule has 0 aromatic heterocycles. The van der Waals surface area contributed by atoms with Crippen molar-refractivity contribution in [3.8, 4) is 17.2 Å². The minimum Gasteiger partial charge on any atom is -0.496 e. The van der Waals surface area contributed by atoms with E-state index in [2.05, 4.69) is 6.58 Å². The number of carbonyl (C=O) groups excluding carboxylic acids is 1. The second-order valence-electron chi connectivity index (χ2n) is 4.88. The summed E-state index contributed by atoms with van der Waals surface area (Å²) in [6.45, 7) is 5.72. The second-order valence-corrected chi connectivity index (χ2v) is 4.88. The number of likely N-dealkylation sites (tertiary alicyclic amines) is 1. The summed E-state index contributed by atoms with van der Waals surface area (Å²) in [5.74, 6) is 1.79. The van der Waals surface area contributed by atoms with Crippen LogP contribution in [0.25, 0.3) is 5.57 Å². The van der Waals surface area contributed by atoms with E-state index in [4.69, 9.17) is 14.2 Å². The molecule has 1 aromatic carbocycles. The zero-order valence-corrected chi connectivity index (χ0v) is 11.5. The average molecular weight is 275 g/mol. The van der Waals surface area contributed by atoms with Gasteiger partial charge in [-0.25, -0.2) is 0 Å². The van der Waals surface area contributed by atoms with E-state index in [9.17, 15) is 4.79 Å². The molecule has 0 spiro atoms. The normalized spacial score (nSPS) is 16.4. The van der Waals surface area contributed by atoms with Crippen LogP contribution in [0, 0.1) is 0 Å². The molecule has 106 valence electrons. The fourth-order valence-corrected chi connectivity index (χ4v) is 2.55. The molecule has 0 atom stereocenters. The molecule has 0 radical (unpaired) electrons. The van der Waals surface area contributed by atoms with Gasteiger partial charge < -0.3 is 19.1 Å². The summed E-state index contributed by atoms with van der Waals surface area (Å²) >= 11 is 0. The van der Waals surface area contributed by atoms with Crippen LogP contribution in [0.15, 0.2) is 18.7 Å². The maximum absolute atomic E-state index is 12.4. The Morgan fingerprint density at radius 1 is 1.25 bits per heavy atom. The van der Waals surface area contributed by atoms with E-state index in [0.717, 1.165) is 25.9 Å². The Morgan fingerprint density at radius 3 is 2.55 bits per heavy atom. The van der Waals surface area contributed by atoms with E-state index in [-0.39, 0.29) is 12.7 Å². The SMILES string of the molecule is C=C(C(=O)N1CCCC1)c1cc2c(cc1OC)OCO2. The highest BCUT2D eigenvalue weighted by Gasteiger charge is 2.25. The Bertz CT molecular complexity index is 561. The quantitative estimate of drug-likeness (QED) is 0.792. The van der Waals surface area contributed by atoms with Gasteiger partial charge in [0.05, 0.1) is 7.11 Å². The number of carbonyl (C=O) groups is 1. The van der Waals surface area contributed by atoms with Crippen LogP contribution >= 0.6 is 0 Å². The van der Waals surface area contributed by atoms with Crippen LogP contribution in [-0.4, -0.2) is 37.8 Å². The molecular formula is C15H17NO4. The maximum atomic E-state index is 12.4. The van der Waals surface area contributed by atoms with Crippen LogP contribution in [0.2, 0.25) is 0 Å². The van der Waals surface area contributed by atoms with E-state index in [0.29, 0.717) is 28.4 Å². The lowest BCUT2D eigenvalue weighted by Crippen LogP contribution is -2.28. The standard InChI is InChI=1S/C15H17NO4/c1-10(15(17)16-5-3-4-6-16)11-7-13-14(20-9-19-13)8-12(11)18-2/h7-8H,1,3-6,9H2,2H3. The lowest BCUT2D eigenvalue weighted by atomic mass is 10.0. The molecule has 5 heteroatoms. The topological polar surface area (TPSA) is 48.0 Å². The summed E-state index contributed by atoms with van der Waals surface area (Å²) in [7, 11) is 1.56. The third-order valence-corrected chi connectivity index (χ3v) is 3.67. The van der Waals surface area contributed by atoms with Gasteiger partial charge in [0, 0.05) is 30.3 Å². The van der Waals surface area contributed by atoms with E-state index in [1.54, 1.807) is 19.2 Å². The van der Waals surface area contributed by atoms with Crippen molar-refractivity contribution in [3.63, 3.8) is 0 Å². The van der Waals surface area contributed by atoms with Crippen LogP contribution in [0.4, 0.5) is 0 Å². The third-order valence-electron chi connectivity index (χ3n) is 3.67. The van der Waals surface area contributed by atoms with Gasteiger partial charge >= 0.3 is 0 Å². The van der Waals surface area contributed by atoms with E-state index in [1.807, 2.05) is 4.90 Å². The molecule has 1 aromatic rings. The van der Waals surface area contributed by atoms with Crippen LogP contribution in [-0.2, 0) is 4.79 Å². The molecule has 0 unspecified atom stereocenters. The van der Waals surface area contributed by atoms with E-state index in [1.165, 1.54) is 0 Å². The van der Waals surface area contributed by atoms with Gasteiger partial charge in [-0.05, 0) is 18.9 Å². The number of methoxy groups -OCH3 is 1. The first kappa shape index (κ1) is 12.8. The van der Waals surface area contributed by atoms with E-state index < -0.39 is 0 Å². The number of rotatable bonds is 3. The monoisotopic (exact) mass is 275 g/mol. The zero-order chi connectivity index (χ0) is 14.1. The van der Waals surface area contributed by atoms with Crippen molar-refractivity contribution < 1.29 is 19.0 Å². The average Bonchev–Trinajstić information content (AvgIpc) is 3.14. The van der Waals surface area contributed by atoms with Crippen molar-refractivity contribution in [1.29, 1.82) is 0 Å². The Labute approximate surface area is 117 Å². The molecular weight excluding hydrogens is 258 g/mol. The van der Waals surface area contributed by atoms with Gasteiger partial charge in [0.2, 0.25) is 6.79 Å². The van der Waals surface area contributed by atoms with Gasteiger partial charge in [-0.3, -0.25) is 4.79 Å². The molecule has 2 aliphatic rings. The van der Waals surface area contributed by atoms with Crippen molar-refractivity contribution in [1.82, 2.24) is 4.90 Å². The fourth-order valence-electron chi connectivity index (χ4n) is 2.55. The Morgan fingerprint density at radius 2 is 1.90 bits per heavy atom. The molecule has 0 bridgehead atoms. The number of ether oxygens (including phenoxy) is 3. The summed E-state index contributed by atoms with van der Waals surface area (Å²) in [5, 5.41) is 0. The highest BCUT2D eigenvalue weighted by molar-refractivity contribution is 6.19. The number of amides is 1. The second kappa shape index (κ2) is 5.07. The van der Waals surface area contributed by atoms with Gasteiger partial charge in [0.15, 0.2) is 11.5 Å². The molecule has 2 heterocycles. The molecule has 3 rings (SSSR count). The third kappa shape index (κ3) is 2.09. The van der Waals surface area contributed by atoms with Gasteiger partial charge in [-0.15, -0.1) is 0 Å². The largest absolute Gasteiger partial charge is 0.496 e. The minimum absolute atomic E-state index is 0.0420. The highest BCUT2D eigenvalue weighted by Crippen LogP contribution is 2.40. The van der Waals surface area contributed by atoms with Crippen molar-refractivity contribution in [2.45, 2.75) is 12.8 Å². The van der Waals surface area contributed by atoms with Crippen LogP contribution in [0.5, 0.6) is 17.2 Å². The zero-order valence-electron chi connectivity index (χ0n) is 11.5.